The number of fused-ring (bicyclic) bond motifs is 1. The lowest BCUT2D eigenvalue weighted by Gasteiger charge is -2.18. The molecule has 162 valence electrons. The zero-order valence-corrected chi connectivity index (χ0v) is 17.8. The van der Waals surface area contributed by atoms with Crippen molar-refractivity contribution in [3.63, 3.8) is 0 Å². The van der Waals surface area contributed by atoms with Gasteiger partial charge >= 0.3 is 0 Å². The summed E-state index contributed by atoms with van der Waals surface area (Å²) in [6.45, 7) is 0.879. The number of amides is 1. The van der Waals surface area contributed by atoms with Gasteiger partial charge in [-0.3, -0.25) is 4.79 Å². The molecular formula is C24H22N4O4. The lowest BCUT2D eigenvalue weighted by atomic mass is 10.2. The number of anilines is 1. The van der Waals surface area contributed by atoms with Gasteiger partial charge in [0.2, 0.25) is 11.7 Å². The number of nitrogens with zero attached hydrogens (tertiary/aromatic N) is 4. The molecule has 1 amide bonds. The topological polar surface area (TPSA) is 82.6 Å². The Bertz CT molecular complexity index is 1280. The molecule has 0 atom stereocenters. The zero-order chi connectivity index (χ0) is 22.1. The highest BCUT2D eigenvalue weighted by Crippen LogP contribution is 2.32. The van der Waals surface area contributed by atoms with Crippen LogP contribution in [0.4, 0.5) is 5.69 Å². The van der Waals surface area contributed by atoms with Gasteiger partial charge in [-0.2, -0.15) is 4.98 Å². The van der Waals surface area contributed by atoms with Crippen LogP contribution >= 0.6 is 0 Å². The van der Waals surface area contributed by atoms with E-state index in [0.29, 0.717) is 35.5 Å². The van der Waals surface area contributed by atoms with Gasteiger partial charge < -0.3 is 23.5 Å². The van der Waals surface area contributed by atoms with E-state index >= 15 is 0 Å². The Morgan fingerprint density at radius 1 is 1.06 bits per heavy atom. The van der Waals surface area contributed by atoms with Gasteiger partial charge in [0, 0.05) is 24.0 Å². The quantitative estimate of drug-likeness (QED) is 0.463. The van der Waals surface area contributed by atoms with Gasteiger partial charge in [-0.15, -0.1) is 0 Å². The number of aromatic nitrogens is 3. The van der Waals surface area contributed by atoms with Gasteiger partial charge in [0.05, 0.1) is 14.2 Å². The molecule has 0 saturated heterocycles. The minimum Gasteiger partial charge on any atom is -0.493 e. The average Bonchev–Trinajstić information content (AvgIpc) is 3.57. The summed E-state index contributed by atoms with van der Waals surface area (Å²) in [5.41, 5.74) is 3.61. The Labute approximate surface area is 185 Å². The van der Waals surface area contributed by atoms with E-state index in [0.717, 1.165) is 17.7 Å². The monoisotopic (exact) mass is 430 g/mol. The fourth-order valence-electron chi connectivity index (χ4n) is 3.99. The van der Waals surface area contributed by atoms with Crippen molar-refractivity contribution in [2.75, 3.05) is 25.7 Å². The largest absolute Gasteiger partial charge is 0.493 e. The van der Waals surface area contributed by atoms with Crippen LogP contribution in [0.25, 0.3) is 23.0 Å². The minimum atomic E-state index is 0.0204. The second-order valence-electron chi connectivity index (χ2n) is 7.44. The molecule has 32 heavy (non-hydrogen) atoms. The smallest absolute Gasteiger partial charge is 0.274 e. The molecule has 0 aliphatic carbocycles. The normalized spacial score (nSPS) is 12.6. The molecule has 0 unspecified atom stereocenters. The van der Waals surface area contributed by atoms with Crippen LogP contribution in [-0.2, 0) is 17.8 Å². The number of rotatable bonds is 6. The minimum absolute atomic E-state index is 0.0204. The van der Waals surface area contributed by atoms with Crippen molar-refractivity contribution >= 4 is 11.6 Å². The van der Waals surface area contributed by atoms with Crippen LogP contribution in [0.2, 0.25) is 0 Å². The van der Waals surface area contributed by atoms with Crippen molar-refractivity contribution < 1.29 is 18.8 Å². The van der Waals surface area contributed by atoms with E-state index in [-0.39, 0.29) is 12.5 Å². The molecule has 2 aromatic carbocycles. The first kappa shape index (κ1) is 19.9. The third kappa shape index (κ3) is 3.49. The van der Waals surface area contributed by atoms with Crippen molar-refractivity contribution in [2.45, 2.75) is 13.0 Å². The maximum atomic E-state index is 13.0. The molecule has 4 aromatic rings. The first-order valence-electron chi connectivity index (χ1n) is 10.3. The van der Waals surface area contributed by atoms with Crippen LogP contribution in [0, 0.1) is 0 Å². The molecular weight excluding hydrogens is 408 g/mol. The molecule has 3 heterocycles. The molecule has 0 spiro atoms. The molecule has 8 nitrogen and oxygen atoms in total. The highest BCUT2D eigenvalue weighted by atomic mass is 16.5. The Morgan fingerprint density at radius 3 is 2.75 bits per heavy atom. The molecule has 1 aliphatic heterocycles. The molecule has 2 aromatic heterocycles. The highest BCUT2D eigenvalue weighted by Gasteiger charge is 2.25. The van der Waals surface area contributed by atoms with Crippen LogP contribution in [0.3, 0.4) is 0 Å². The number of methoxy groups -OCH3 is 2. The van der Waals surface area contributed by atoms with E-state index < -0.39 is 0 Å². The van der Waals surface area contributed by atoms with Crippen LogP contribution in [0.5, 0.6) is 11.5 Å². The highest BCUT2D eigenvalue weighted by molar-refractivity contribution is 5.95. The summed E-state index contributed by atoms with van der Waals surface area (Å²) in [6, 6.07) is 17.2. The molecule has 0 saturated carbocycles. The van der Waals surface area contributed by atoms with Gasteiger partial charge in [0.1, 0.15) is 12.2 Å². The van der Waals surface area contributed by atoms with Gasteiger partial charge in [-0.1, -0.05) is 23.4 Å². The summed E-state index contributed by atoms with van der Waals surface area (Å²) < 4.78 is 18.0. The Morgan fingerprint density at radius 2 is 1.91 bits per heavy atom. The summed E-state index contributed by atoms with van der Waals surface area (Å²) in [5.74, 6) is 1.99. The van der Waals surface area contributed by atoms with E-state index in [2.05, 4.69) is 16.2 Å². The van der Waals surface area contributed by atoms with Gasteiger partial charge in [0.25, 0.3) is 5.89 Å². The summed E-state index contributed by atoms with van der Waals surface area (Å²) in [6.07, 6.45) is 2.72. The fraction of sp³-hybridized carbons (Fsp3) is 0.208. The second-order valence-corrected chi connectivity index (χ2v) is 7.44. The molecule has 0 bridgehead atoms. The van der Waals surface area contributed by atoms with Crippen molar-refractivity contribution in [1.82, 2.24) is 14.7 Å². The third-order valence-corrected chi connectivity index (χ3v) is 5.61. The average molecular weight is 430 g/mol. The summed E-state index contributed by atoms with van der Waals surface area (Å²) in [4.78, 5) is 19.4. The molecule has 0 radical (unpaired) electrons. The van der Waals surface area contributed by atoms with Crippen LogP contribution in [0.1, 0.15) is 5.56 Å². The number of hydrogen-bond donors (Lipinski definition) is 0. The van der Waals surface area contributed by atoms with Crippen molar-refractivity contribution in [3.8, 4) is 34.5 Å². The SMILES string of the molecule is COc1ccc(-c2noc(-c3cccn3CC(=O)N3CCc4ccccc43)n2)cc1OC. The van der Waals surface area contributed by atoms with E-state index in [1.807, 2.05) is 52.1 Å². The van der Waals surface area contributed by atoms with Crippen LogP contribution < -0.4 is 14.4 Å². The van der Waals surface area contributed by atoms with Crippen LogP contribution in [-0.4, -0.2) is 41.4 Å². The predicted octanol–water partition coefficient (Wildman–Crippen LogP) is 3.81. The van der Waals surface area contributed by atoms with Gasteiger partial charge in [-0.25, -0.2) is 0 Å². The Hall–Kier alpha value is -4.07. The summed E-state index contributed by atoms with van der Waals surface area (Å²) >= 11 is 0. The molecule has 8 heteroatoms. The van der Waals surface area contributed by atoms with Crippen LogP contribution in [0.15, 0.2) is 65.3 Å². The molecule has 0 fully saturated rings. The van der Waals surface area contributed by atoms with Gasteiger partial charge in [-0.05, 0) is 48.4 Å². The summed E-state index contributed by atoms with van der Waals surface area (Å²) in [7, 11) is 3.16. The number of carbonyl (C=O) groups is 1. The van der Waals surface area contributed by atoms with Crippen molar-refractivity contribution in [3.05, 3.63) is 66.4 Å². The zero-order valence-electron chi connectivity index (χ0n) is 17.8. The number of ether oxygens (including phenoxy) is 2. The van der Waals surface area contributed by atoms with E-state index in [1.54, 1.807) is 26.4 Å². The van der Waals surface area contributed by atoms with Gasteiger partial charge in [0.15, 0.2) is 11.5 Å². The second kappa shape index (κ2) is 8.22. The Balaban J connectivity index is 1.38. The predicted molar refractivity (Wildman–Crippen MR) is 119 cm³/mol. The van der Waals surface area contributed by atoms with E-state index in [1.165, 1.54) is 5.56 Å². The third-order valence-electron chi connectivity index (χ3n) is 5.61. The fourth-order valence-corrected chi connectivity index (χ4v) is 3.99. The van der Waals surface area contributed by atoms with Crippen molar-refractivity contribution in [1.29, 1.82) is 0 Å². The number of hydrogen-bond acceptors (Lipinski definition) is 6. The standard InChI is InChI=1S/C24H22N4O4/c1-30-20-10-9-17(14-21(20)31-2)23-25-24(32-26-23)19-8-5-12-27(19)15-22(29)28-13-11-16-6-3-4-7-18(16)28/h3-10,12,14H,11,13,15H2,1-2H3. The lowest BCUT2D eigenvalue weighted by molar-refractivity contribution is -0.119. The molecule has 0 N–H and O–H groups in total. The molecule has 5 rings (SSSR count). The van der Waals surface area contributed by atoms with E-state index in [4.69, 9.17) is 14.0 Å². The number of para-hydroxylation sites is 1. The van der Waals surface area contributed by atoms with E-state index in [9.17, 15) is 4.79 Å². The maximum absolute atomic E-state index is 13.0. The van der Waals surface area contributed by atoms with Crippen molar-refractivity contribution in [2.24, 2.45) is 0 Å². The Kier molecular flexibility index (Phi) is 5.10. The number of carbonyl (C=O) groups excluding carboxylic acids is 1. The molecule has 1 aliphatic rings. The lowest BCUT2D eigenvalue weighted by Crippen LogP contribution is -2.32. The summed E-state index contributed by atoms with van der Waals surface area (Å²) in [5, 5.41) is 4.11. The maximum Gasteiger partial charge on any atom is 0.274 e. The number of benzene rings is 2. The first-order chi connectivity index (χ1) is 15.7. The first-order valence-corrected chi connectivity index (χ1v) is 10.3.